The first kappa shape index (κ1) is 23.0. The minimum absolute atomic E-state index is 0.116. The van der Waals surface area contributed by atoms with E-state index in [1.165, 1.54) is 16.8 Å². The Balaban J connectivity index is 0. The number of likely N-dealkylation sites (N-methyl/N-ethyl adjacent to an activating group) is 1. The fraction of sp³-hybridized carbons (Fsp3) is 0.579. The fourth-order valence-electron chi connectivity index (χ4n) is 2.16. The topological polar surface area (TPSA) is 39.3 Å². The standard InChI is InChI=1S/C15H24N2O.2C2H6/c1-5-8-15-13(6-2)14(12(4)16-15)9-10-17(7-3)11-18;2*1-2/h5-6,8,16,18H,2,7,9-11H2,1,3-4H3;2*1-2H3/b8-5-;;. The van der Waals surface area contributed by atoms with Gasteiger partial charge in [0.25, 0.3) is 0 Å². The Morgan fingerprint density at radius 1 is 1.23 bits per heavy atom. The summed E-state index contributed by atoms with van der Waals surface area (Å²) in [4.78, 5) is 5.39. The number of aliphatic hydroxyl groups excluding tert-OH is 1. The summed E-state index contributed by atoms with van der Waals surface area (Å²) in [5, 5.41) is 9.18. The number of hydrogen-bond donors (Lipinski definition) is 2. The number of aryl methyl sites for hydroxylation is 1. The van der Waals surface area contributed by atoms with Crippen LogP contribution in [0.2, 0.25) is 0 Å². The van der Waals surface area contributed by atoms with E-state index in [-0.39, 0.29) is 6.73 Å². The van der Waals surface area contributed by atoms with E-state index < -0.39 is 0 Å². The van der Waals surface area contributed by atoms with Crippen molar-refractivity contribution in [1.82, 2.24) is 9.88 Å². The van der Waals surface area contributed by atoms with Crippen LogP contribution in [0.4, 0.5) is 0 Å². The van der Waals surface area contributed by atoms with E-state index in [9.17, 15) is 5.11 Å². The number of nitrogens with one attached hydrogen (secondary N) is 1. The lowest BCUT2D eigenvalue weighted by molar-refractivity contribution is 0.114. The quantitative estimate of drug-likeness (QED) is 0.706. The molecule has 2 N–H and O–H groups in total. The molecule has 0 radical (unpaired) electrons. The zero-order valence-electron chi connectivity index (χ0n) is 15.7. The van der Waals surface area contributed by atoms with Gasteiger partial charge in [-0.15, -0.1) is 0 Å². The number of rotatable bonds is 7. The molecular formula is C19H36N2O. The van der Waals surface area contributed by atoms with Crippen molar-refractivity contribution in [2.75, 3.05) is 19.8 Å². The molecule has 0 bridgehead atoms. The molecule has 0 aliphatic carbocycles. The Hall–Kier alpha value is -1.32. The lowest BCUT2D eigenvalue weighted by Crippen LogP contribution is -2.26. The van der Waals surface area contributed by atoms with Gasteiger partial charge in [0.2, 0.25) is 0 Å². The van der Waals surface area contributed by atoms with Gasteiger partial charge in [0.1, 0.15) is 0 Å². The molecule has 0 amide bonds. The van der Waals surface area contributed by atoms with Gasteiger partial charge < -0.3 is 10.1 Å². The Kier molecular flexibility index (Phi) is 15.2. The second kappa shape index (κ2) is 14.6. The van der Waals surface area contributed by atoms with E-state index in [0.29, 0.717) is 0 Å². The van der Waals surface area contributed by atoms with Crippen molar-refractivity contribution in [3.63, 3.8) is 0 Å². The molecule has 0 fully saturated rings. The van der Waals surface area contributed by atoms with Crippen LogP contribution >= 0.6 is 0 Å². The monoisotopic (exact) mass is 308 g/mol. The van der Waals surface area contributed by atoms with Gasteiger partial charge in [-0.05, 0) is 38.5 Å². The highest BCUT2D eigenvalue weighted by molar-refractivity contribution is 5.66. The number of nitrogens with zero attached hydrogens (tertiary/aromatic N) is 1. The van der Waals surface area contributed by atoms with Gasteiger partial charge in [0, 0.05) is 23.5 Å². The molecule has 1 aromatic heterocycles. The van der Waals surface area contributed by atoms with Crippen LogP contribution in [0.5, 0.6) is 0 Å². The molecule has 0 spiro atoms. The molecule has 128 valence electrons. The van der Waals surface area contributed by atoms with Crippen LogP contribution in [0, 0.1) is 6.92 Å². The summed E-state index contributed by atoms with van der Waals surface area (Å²) < 4.78 is 0. The third-order valence-corrected chi connectivity index (χ3v) is 3.25. The maximum atomic E-state index is 9.18. The third kappa shape index (κ3) is 7.10. The number of allylic oxidation sites excluding steroid dienone is 1. The number of aromatic nitrogens is 1. The van der Waals surface area contributed by atoms with Crippen molar-refractivity contribution in [2.45, 2.75) is 54.9 Å². The molecule has 1 aromatic rings. The van der Waals surface area contributed by atoms with E-state index in [2.05, 4.69) is 31.5 Å². The van der Waals surface area contributed by atoms with Gasteiger partial charge in [-0.25, -0.2) is 0 Å². The SMILES string of the molecule is C=Cc1c(/C=C\C)[nH]c(C)c1CCN(CC)CO.CC.CC. The summed E-state index contributed by atoms with van der Waals surface area (Å²) in [7, 11) is 0. The lowest BCUT2D eigenvalue weighted by atomic mass is 10.0. The molecule has 0 aliphatic rings. The molecule has 0 aromatic carbocycles. The largest absolute Gasteiger partial charge is 0.381 e. The summed E-state index contributed by atoms with van der Waals surface area (Å²) in [6.45, 7) is 19.9. The molecule has 1 heterocycles. The normalized spacial score (nSPS) is 10.0. The molecule has 22 heavy (non-hydrogen) atoms. The molecule has 0 aliphatic heterocycles. The van der Waals surface area contributed by atoms with E-state index in [0.717, 1.165) is 25.2 Å². The number of H-pyrrole nitrogens is 1. The highest BCUT2D eigenvalue weighted by atomic mass is 16.3. The summed E-state index contributed by atoms with van der Waals surface area (Å²) >= 11 is 0. The van der Waals surface area contributed by atoms with Gasteiger partial charge in [0.05, 0.1) is 6.73 Å². The highest BCUT2D eigenvalue weighted by Crippen LogP contribution is 2.22. The summed E-state index contributed by atoms with van der Waals surface area (Å²) in [6, 6.07) is 0. The molecule has 0 atom stereocenters. The maximum Gasteiger partial charge on any atom is 0.0956 e. The maximum absolute atomic E-state index is 9.18. The minimum Gasteiger partial charge on any atom is -0.381 e. The van der Waals surface area contributed by atoms with Crippen LogP contribution in [0.3, 0.4) is 0 Å². The van der Waals surface area contributed by atoms with E-state index >= 15 is 0 Å². The molecule has 0 saturated heterocycles. The van der Waals surface area contributed by atoms with Crippen LogP contribution in [-0.2, 0) is 6.42 Å². The third-order valence-electron chi connectivity index (χ3n) is 3.25. The van der Waals surface area contributed by atoms with E-state index in [4.69, 9.17) is 0 Å². The fourth-order valence-corrected chi connectivity index (χ4v) is 2.16. The summed E-state index contributed by atoms with van der Waals surface area (Å²) in [6.07, 6.45) is 6.92. The molecule has 0 saturated carbocycles. The van der Waals surface area contributed by atoms with E-state index in [1.807, 2.05) is 51.7 Å². The van der Waals surface area contributed by atoms with Crippen LogP contribution in [0.1, 0.15) is 64.1 Å². The predicted molar refractivity (Wildman–Crippen MR) is 101 cm³/mol. The van der Waals surface area contributed by atoms with Crippen LogP contribution < -0.4 is 0 Å². The van der Waals surface area contributed by atoms with Crippen LogP contribution in [-0.4, -0.2) is 34.8 Å². The molecule has 3 nitrogen and oxygen atoms in total. The first-order chi connectivity index (χ1) is 10.7. The second-order valence-electron chi connectivity index (χ2n) is 4.36. The Labute approximate surface area is 137 Å². The van der Waals surface area contributed by atoms with Gasteiger partial charge in [0.15, 0.2) is 0 Å². The zero-order chi connectivity index (χ0) is 17.5. The Morgan fingerprint density at radius 2 is 1.82 bits per heavy atom. The smallest absolute Gasteiger partial charge is 0.0956 e. The average molecular weight is 309 g/mol. The second-order valence-corrected chi connectivity index (χ2v) is 4.36. The van der Waals surface area contributed by atoms with Crippen molar-refractivity contribution in [3.8, 4) is 0 Å². The average Bonchev–Trinajstić information content (AvgIpc) is 2.87. The van der Waals surface area contributed by atoms with Crippen molar-refractivity contribution in [3.05, 3.63) is 35.2 Å². The van der Waals surface area contributed by atoms with Crippen molar-refractivity contribution < 1.29 is 5.11 Å². The summed E-state index contributed by atoms with van der Waals surface area (Å²) in [5.74, 6) is 0. The van der Waals surface area contributed by atoms with Crippen LogP contribution in [0.15, 0.2) is 12.7 Å². The number of aliphatic hydroxyl groups is 1. The minimum atomic E-state index is 0.116. The zero-order valence-corrected chi connectivity index (χ0v) is 15.7. The highest BCUT2D eigenvalue weighted by Gasteiger charge is 2.11. The number of hydrogen-bond acceptors (Lipinski definition) is 2. The first-order valence-electron chi connectivity index (χ1n) is 8.47. The molecular weight excluding hydrogens is 272 g/mol. The van der Waals surface area contributed by atoms with E-state index in [1.54, 1.807) is 0 Å². The molecule has 0 unspecified atom stereocenters. The number of aromatic amines is 1. The van der Waals surface area contributed by atoms with Crippen molar-refractivity contribution in [1.29, 1.82) is 0 Å². The molecule has 3 heteroatoms. The summed E-state index contributed by atoms with van der Waals surface area (Å²) in [5.41, 5.74) is 4.78. The Bertz CT molecular complexity index is 415. The van der Waals surface area contributed by atoms with Crippen molar-refractivity contribution in [2.24, 2.45) is 0 Å². The Morgan fingerprint density at radius 3 is 2.23 bits per heavy atom. The van der Waals surface area contributed by atoms with Gasteiger partial charge >= 0.3 is 0 Å². The first-order valence-corrected chi connectivity index (χ1v) is 8.47. The van der Waals surface area contributed by atoms with Crippen LogP contribution in [0.25, 0.3) is 12.2 Å². The lowest BCUT2D eigenvalue weighted by Gasteiger charge is -2.17. The van der Waals surface area contributed by atoms with Crippen molar-refractivity contribution >= 4 is 12.2 Å². The van der Waals surface area contributed by atoms with Gasteiger partial charge in [-0.1, -0.05) is 53.3 Å². The molecule has 1 rings (SSSR count). The van der Waals surface area contributed by atoms with Gasteiger partial charge in [-0.3, -0.25) is 4.90 Å². The predicted octanol–water partition coefficient (Wildman–Crippen LogP) is 4.87. The van der Waals surface area contributed by atoms with Gasteiger partial charge in [-0.2, -0.15) is 0 Å².